The van der Waals surface area contributed by atoms with E-state index < -0.39 is 22.0 Å². The van der Waals surface area contributed by atoms with Gasteiger partial charge in [-0.05, 0) is 58.1 Å². The van der Waals surface area contributed by atoms with Crippen molar-refractivity contribution in [3.05, 3.63) is 35.3 Å². The summed E-state index contributed by atoms with van der Waals surface area (Å²) < 4.78 is 38.2. The molecule has 0 saturated heterocycles. The molecule has 0 spiro atoms. The summed E-state index contributed by atoms with van der Waals surface area (Å²) in [7, 11) is -3.92. The van der Waals surface area contributed by atoms with Crippen LogP contribution in [0, 0.1) is 13.8 Å². The molecular weight excluding hydrogens is 396 g/mol. The number of carbonyl (C=O) groups is 1. The highest BCUT2D eigenvalue weighted by molar-refractivity contribution is 7.89. The van der Waals surface area contributed by atoms with E-state index in [2.05, 4.69) is 20.2 Å². The van der Waals surface area contributed by atoms with E-state index >= 15 is 0 Å². The molecule has 0 aliphatic heterocycles. The zero-order chi connectivity index (χ0) is 21.0. The summed E-state index contributed by atoms with van der Waals surface area (Å²) in [6.07, 6.45) is 6.24. The Labute approximate surface area is 170 Å². The average Bonchev–Trinajstić information content (AvgIpc) is 3.29. The fourth-order valence-electron chi connectivity index (χ4n) is 3.35. The Bertz CT molecular complexity index is 947. The summed E-state index contributed by atoms with van der Waals surface area (Å²) >= 11 is 0. The van der Waals surface area contributed by atoms with E-state index in [9.17, 15) is 13.2 Å². The molecule has 1 amide bonds. The minimum atomic E-state index is -3.92. The van der Waals surface area contributed by atoms with Crippen molar-refractivity contribution in [1.29, 1.82) is 0 Å². The number of ether oxygens (including phenoxy) is 1. The summed E-state index contributed by atoms with van der Waals surface area (Å²) in [6, 6.07) is 2.60. The highest BCUT2D eigenvalue weighted by Crippen LogP contribution is 2.23. The Morgan fingerprint density at radius 2 is 2.07 bits per heavy atom. The summed E-state index contributed by atoms with van der Waals surface area (Å²) in [6.45, 7) is 4.75. The molecular formula is C19H26N4O5S. The van der Waals surface area contributed by atoms with Gasteiger partial charge < -0.3 is 14.6 Å². The van der Waals surface area contributed by atoms with Gasteiger partial charge in [-0.15, -0.1) is 0 Å². The molecule has 2 heterocycles. The number of hydrogen-bond donors (Lipinski definition) is 2. The first kappa shape index (κ1) is 21.3. The first-order valence-corrected chi connectivity index (χ1v) is 11.1. The van der Waals surface area contributed by atoms with Crippen LogP contribution in [0.5, 0.6) is 5.88 Å². The van der Waals surface area contributed by atoms with Gasteiger partial charge in [0, 0.05) is 18.8 Å². The van der Waals surface area contributed by atoms with Crippen LogP contribution in [-0.4, -0.2) is 36.6 Å². The minimum absolute atomic E-state index is 0.0417. The Kier molecular flexibility index (Phi) is 6.53. The molecule has 2 aromatic rings. The molecule has 9 nitrogen and oxygen atoms in total. The van der Waals surface area contributed by atoms with Gasteiger partial charge in [0.2, 0.25) is 21.8 Å². The SMILES string of the molecule is Cc1noc(C)c1S(=O)(=O)N[C@@H](C)C(=O)NCc1ccnc(OC2CCCC2)c1. The molecule has 0 radical (unpaired) electrons. The number of amides is 1. The third kappa shape index (κ3) is 5.33. The van der Waals surface area contributed by atoms with Crippen LogP contribution in [-0.2, 0) is 21.4 Å². The highest BCUT2D eigenvalue weighted by Gasteiger charge is 2.28. The van der Waals surface area contributed by atoms with Crippen molar-refractivity contribution in [2.45, 2.75) is 70.0 Å². The predicted molar refractivity (Wildman–Crippen MR) is 105 cm³/mol. The van der Waals surface area contributed by atoms with E-state index in [1.54, 1.807) is 18.3 Å². The molecule has 0 unspecified atom stereocenters. The Balaban J connectivity index is 1.56. The second-order valence-corrected chi connectivity index (χ2v) is 8.89. The Hall–Kier alpha value is -2.46. The van der Waals surface area contributed by atoms with E-state index in [0.717, 1.165) is 18.4 Å². The molecule has 0 aromatic carbocycles. The van der Waals surface area contributed by atoms with Crippen LogP contribution in [0.1, 0.15) is 49.6 Å². The van der Waals surface area contributed by atoms with Crippen molar-refractivity contribution >= 4 is 15.9 Å². The van der Waals surface area contributed by atoms with Gasteiger partial charge in [0.25, 0.3) is 0 Å². The molecule has 158 valence electrons. The Morgan fingerprint density at radius 1 is 1.34 bits per heavy atom. The van der Waals surface area contributed by atoms with Crippen LogP contribution in [0.2, 0.25) is 0 Å². The average molecular weight is 423 g/mol. The molecule has 1 fully saturated rings. The molecule has 1 saturated carbocycles. The van der Waals surface area contributed by atoms with Crippen LogP contribution >= 0.6 is 0 Å². The van der Waals surface area contributed by atoms with Gasteiger partial charge in [-0.2, -0.15) is 4.72 Å². The molecule has 29 heavy (non-hydrogen) atoms. The number of rotatable bonds is 8. The number of aromatic nitrogens is 2. The summed E-state index contributed by atoms with van der Waals surface area (Å²) in [5.41, 5.74) is 1.07. The Morgan fingerprint density at radius 3 is 2.72 bits per heavy atom. The van der Waals surface area contributed by atoms with Crippen molar-refractivity contribution in [3.8, 4) is 5.88 Å². The maximum Gasteiger partial charge on any atom is 0.246 e. The standard InChI is InChI=1S/C19H26N4O5S/c1-12-18(14(3)28-22-12)29(25,26)23-13(2)19(24)21-11-15-8-9-20-17(10-15)27-16-6-4-5-7-16/h8-10,13,16,23H,4-7,11H2,1-3H3,(H,21,24)/t13-/m0/s1. The summed E-state index contributed by atoms with van der Waals surface area (Å²) in [4.78, 5) is 16.5. The van der Waals surface area contributed by atoms with Gasteiger partial charge in [-0.3, -0.25) is 4.79 Å². The number of pyridine rings is 1. The van der Waals surface area contributed by atoms with Gasteiger partial charge in [-0.25, -0.2) is 13.4 Å². The van der Waals surface area contributed by atoms with Gasteiger partial charge >= 0.3 is 0 Å². The van der Waals surface area contributed by atoms with E-state index in [4.69, 9.17) is 9.26 Å². The van der Waals surface area contributed by atoms with Gasteiger partial charge in [0.1, 0.15) is 16.7 Å². The number of nitrogens with zero attached hydrogens (tertiary/aromatic N) is 2. The van der Waals surface area contributed by atoms with Crippen LogP contribution in [0.25, 0.3) is 0 Å². The lowest BCUT2D eigenvalue weighted by Crippen LogP contribution is -2.44. The molecule has 2 aromatic heterocycles. The third-order valence-electron chi connectivity index (χ3n) is 4.82. The molecule has 2 N–H and O–H groups in total. The van der Waals surface area contributed by atoms with E-state index in [0.29, 0.717) is 5.88 Å². The van der Waals surface area contributed by atoms with Crippen molar-refractivity contribution in [3.63, 3.8) is 0 Å². The van der Waals surface area contributed by atoms with Crippen molar-refractivity contribution in [2.75, 3.05) is 0 Å². The topological polar surface area (TPSA) is 123 Å². The molecule has 1 atom stereocenters. The fraction of sp³-hybridized carbons (Fsp3) is 0.526. The van der Waals surface area contributed by atoms with Crippen LogP contribution in [0.3, 0.4) is 0 Å². The third-order valence-corrected chi connectivity index (χ3v) is 6.60. The van der Waals surface area contributed by atoms with Gasteiger partial charge in [0.15, 0.2) is 5.76 Å². The number of aryl methyl sites for hydroxylation is 2. The largest absolute Gasteiger partial charge is 0.474 e. The molecule has 3 rings (SSSR count). The molecule has 10 heteroatoms. The summed E-state index contributed by atoms with van der Waals surface area (Å²) in [5, 5.41) is 6.37. The van der Waals surface area contributed by atoms with Gasteiger partial charge in [0.05, 0.1) is 6.04 Å². The lowest BCUT2D eigenvalue weighted by Gasteiger charge is -2.15. The monoisotopic (exact) mass is 422 g/mol. The second-order valence-electron chi connectivity index (χ2n) is 7.24. The zero-order valence-electron chi connectivity index (χ0n) is 16.8. The van der Waals surface area contributed by atoms with Crippen molar-refractivity contribution < 1.29 is 22.5 Å². The zero-order valence-corrected chi connectivity index (χ0v) is 17.6. The van der Waals surface area contributed by atoms with E-state index in [1.165, 1.54) is 33.6 Å². The van der Waals surface area contributed by atoms with Crippen molar-refractivity contribution in [2.24, 2.45) is 0 Å². The molecule has 1 aliphatic carbocycles. The molecule has 1 aliphatic rings. The number of carbonyl (C=O) groups excluding carboxylic acids is 1. The fourth-order valence-corrected chi connectivity index (χ4v) is 4.88. The normalized spacial score (nSPS) is 16.0. The first-order chi connectivity index (χ1) is 13.8. The second kappa shape index (κ2) is 8.91. The maximum atomic E-state index is 12.5. The number of nitrogens with one attached hydrogen (secondary N) is 2. The van der Waals surface area contributed by atoms with Crippen LogP contribution in [0.15, 0.2) is 27.7 Å². The lowest BCUT2D eigenvalue weighted by atomic mass is 10.2. The quantitative estimate of drug-likeness (QED) is 0.667. The smallest absolute Gasteiger partial charge is 0.246 e. The van der Waals surface area contributed by atoms with E-state index in [1.807, 2.05) is 0 Å². The number of sulfonamides is 1. The number of hydrogen-bond acceptors (Lipinski definition) is 7. The van der Waals surface area contributed by atoms with Crippen LogP contribution in [0.4, 0.5) is 0 Å². The maximum absolute atomic E-state index is 12.5. The van der Waals surface area contributed by atoms with Gasteiger partial charge in [-0.1, -0.05) is 5.16 Å². The summed E-state index contributed by atoms with van der Waals surface area (Å²) in [5.74, 6) is 0.264. The lowest BCUT2D eigenvalue weighted by molar-refractivity contribution is -0.122. The molecule has 0 bridgehead atoms. The highest BCUT2D eigenvalue weighted by atomic mass is 32.2. The minimum Gasteiger partial charge on any atom is -0.474 e. The van der Waals surface area contributed by atoms with Crippen LogP contribution < -0.4 is 14.8 Å². The predicted octanol–water partition coefficient (Wildman–Crippen LogP) is 1.99. The van der Waals surface area contributed by atoms with Crippen molar-refractivity contribution in [1.82, 2.24) is 20.2 Å². The first-order valence-electron chi connectivity index (χ1n) is 9.61. The van der Waals surface area contributed by atoms with E-state index in [-0.39, 0.29) is 29.0 Å².